The van der Waals surface area contributed by atoms with Crippen LogP contribution in [0.3, 0.4) is 0 Å². The highest BCUT2D eigenvalue weighted by Gasteiger charge is 2.15. The summed E-state index contributed by atoms with van der Waals surface area (Å²) in [6.45, 7) is 3.14. The molecule has 0 amide bonds. The second-order valence-electron chi connectivity index (χ2n) is 4.48. The van der Waals surface area contributed by atoms with Crippen LogP contribution in [0, 0.1) is 0 Å². The van der Waals surface area contributed by atoms with Gasteiger partial charge in [0, 0.05) is 12.2 Å². The van der Waals surface area contributed by atoms with E-state index >= 15 is 0 Å². The van der Waals surface area contributed by atoms with Crippen LogP contribution in [0.25, 0.3) is 0 Å². The van der Waals surface area contributed by atoms with E-state index in [9.17, 15) is 4.79 Å². The zero-order valence-electron chi connectivity index (χ0n) is 9.85. The number of carbonyl (C=O) groups is 1. The van der Waals surface area contributed by atoms with Crippen molar-refractivity contribution in [3.05, 3.63) is 29.3 Å². The first-order valence-electron chi connectivity index (χ1n) is 6.01. The normalized spacial score (nSPS) is 16.2. The van der Waals surface area contributed by atoms with Crippen molar-refractivity contribution in [2.24, 2.45) is 0 Å². The number of likely N-dealkylation sites (tertiary alicyclic amines) is 1. The number of benzene rings is 1. The third kappa shape index (κ3) is 2.77. The van der Waals surface area contributed by atoms with E-state index in [1.807, 2.05) is 0 Å². The molecule has 0 saturated carbocycles. The Kier molecular flexibility index (Phi) is 3.64. The molecule has 2 rings (SSSR count). The second-order valence-corrected chi connectivity index (χ2v) is 4.48. The molecule has 0 radical (unpaired) electrons. The van der Waals surface area contributed by atoms with E-state index in [0.717, 1.165) is 25.2 Å². The van der Waals surface area contributed by atoms with Crippen LogP contribution in [0.4, 0.5) is 5.69 Å². The summed E-state index contributed by atoms with van der Waals surface area (Å²) in [7, 11) is 0. The zero-order valence-corrected chi connectivity index (χ0v) is 9.85. The van der Waals surface area contributed by atoms with Gasteiger partial charge in [-0.15, -0.1) is 0 Å². The Hall–Kier alpha value is -1.55. The molecular formula is C13H18N2O2. The number of hydrogen-bond donors (Lipinski definition) is 2. The Morgan fingerprint density at radius 3 is 2.71 bits per heavy atom. The number of carboxylic acid groups (broad SMARTS) is 1. The summed E-state index contributed by atoms with van der Waals surface area (Å²) < 4.78 is 0. The number of rotatable bonds is 4. The SMILES string of the molecule is Nc1cccc(C(=O)O)c1CCN1CCCC1. The molecule has 1 aliphatic rings. The standard InChI is InChI=1S/C13H18N2O2/c14-12-5-3-4-11(13(16)17)10(12)6-9-15-7-1-2-8-15/h3-5H,1-2,6-9,14H2,(H,16,17). The van der Waals surface area contributed by atoms with E-state index in [-0.39, 0.29) is 0 Å². The molecule has 1 aromatic carbocycles. The van der Waals surface area contributed by atoms with Gasteiger partial charge >= 0.3 is 5.97 Å². The predicted octanol–water partition coefficient (Wildman–Crippen LogP) is 1.61. The Balaban J connectivity index is 2.10. The summed E-state index contributed by atoms with van der Waals surface area (Å²) >= 11 is 0. The fraction of sp³-hybridized carbons (Fsp3) is 0.462. The average molecular weight is 234 g/mol. The van der Waals surface area contributed by atoms with Crippen molar-refractivity contribution in [3.8, 4) is 0 Å². The lowest BCUT2D eigenvalue weighted by molar-refractivity contribution is 0.0695. The first-order chi connectivity index (χ1) is 8.18. The van der Waals surface area contributed by atoms with Crippen LogP contribution in [0.15, 0.2) is 18.2 Å². The van der Waals surface area contributed by atoms with Crippen LogP contribution in [0.2, 0.25) is 0 Å². The predicted molar refractivity (Wildman–Crippen MR) is 67.2 cm³/mol. The Bertz CT molecular complexity index is 412. The Morgan fingerprint density at radius 2 is 2.06 bits per heavy atom. The van der Waals surface area contributed by atoms with Gasteiger partial charge in [0.2, 0.25) is 0 Å². The molecule has 3 N–H and O–H groups in total. The molecule has 1 fully saturated rings. The molecule has 1 aromatic rings. The maximum atomic E-state index is 11.1. The average Bonchev–Trinajstić information content (AvgIpc) is 2.80. The summed E-state index contributed by atoms with van der Waals surface area (Å²) in [5.41, 5.74) is 7.56. The maximum absolute atomic E-state index is 11.1. The van der Waals surface area contributed by atoms with Crippen LogP contribution < -0.4 is 5.73 Å². The summed E-state index contributed by atoms with van der Waals surface area (Å²) in [6, 6.07) is 5.09. The van der Waals surface area contributed by atoms with Gasteiger partial charge in [-0.25, -0.2) is 4.79 Å². The second kappa shape index (κ2) is 5.19. The summed E-state index contributed by atoms with van der Waals surface area (Å²) in [5, 5.41) is 9.11. The van der Waals surface area contributed by atoms with Gasteiger partial charge in [-0.2, -0.15) is 0 Å². The molecular weight excluding hydrogens is 216 g/mol. The van der Waals surface area contributed by atoms with Crippen LogP contribution in [0.5, 0.6) is 0 Å². The van der Waals surface area contributed by atoms with Crippen LogP contribution in [-0.4, -0.2) is 35.6 Å². The maximum Gasteiger partial charge on any atom is 0.336 e. The molecule has 0 aromatic heterocycles. The molecule has 1 heterocycles. The third-order valence-corrected chi connectivity index (χ3v) is 3.32. The molecule has 1 aliphatic heterocycles. The molecule has 1 saturated heterocycles. The number of carboxylic acids is 1. The summed E-state index contributed by atoms with van der Waals surface area (Å²) in [6.07, 6.45) is 3.21. The van der Waals surface area contributed by atoms with Gasteiger partial charge in [0.1, 0.15) is 0 Å². The van der Waals surface area contributed by atoms with E-state index < -0.39 is 5.97 Å². The lowest BCUT2D eigenvalue weighted by Crippen LogP contribution is -2.23. The molecule has 4 nitrogen and oxygen atoms in total. The van der Waals surface area contributed by atoms with Gasteiger partial charge in [-0.1, -0.05) is 6.07 Å². The van der Waals surface area contributed by atoms with E-state index in [1.54, 1.807) is 18.2 Å². The lowest BCUT2D eigenvalue weighted by atomic mass is 10.0. The van der Waals surface area contributed by atoms with Crippen molar-refractivity contribution in [3.63, 3.8) is 0 Å². The highest BCUT2D eigenvalue weighted by Crippen LogP contribution is 2.19. The highest BCUT2D eigenvalue weighted by atomic mass is 16.4. The zero-order chi connectivity index (χ0) is 12.3. The molecule has 0 spiro atoms. The Morgan fingerprint density at radius 1 is 1.35 bits per heavy atom. The Labute approximate surface area is 101 Å². The molecule has 0 bridgehead atoms. The highest BCUT2D eigenvalue weighted by molar-refractivity contribution is 5.91. The van der Waals surface area contributed by atoms with Crippen LogP contribution >= 0.6 is 0 Å². The lowest BCUT2D eigenvalue weighted by Gasteiger charge is -2.16. The summed E-state index contributed by atoms with van der Waals surface area (Å²) in [5.74, 6) is -0.895. The van der Waals surface area contributed by atoms with E-state index in [4.69, 9.17) is 10.8 Å². The minimum Gasteiger partial charge on any atom is -0.478 e. The first-order valence-corrected chi connectivity index (χ1v) is 6.01. The fourth-order valence-electron chi connectivity index (χ4n) is 2.36. The minimum absolute atomic E-state index is 0.337. The number of nitrogens with two attached hydrogens (primary N) is 1. The van der Waals surface area contributed by atoms with Gasteiger partial charge in [-0.05, 0) is 50.0 Å². The van der Waals surface area contributed by atoms with E-state index in [2.05, 4.69) is 4.90 Å². The first kappa shape index (κ1) is 11.9. The van der Waals surface area contributed by atoms with E-state index in [1.165, 1.54) is 12.8 Å². The number of nitrogen functional groups attached to an aromatic ring is 1. The van der Waals surface area contributed by atoms with Gasteiger partial charge in [0.15, 0.2) is 0 Å². The smallest absolute Gasteiger partial charge is 0.336 e. The quantitative estimate of drug-likeness (QED) is 0.777. The van der Waals surface area contributed by atoms with Gasteiger partial charge in [0.05, 0.1) is 5.56 Å². The van der Waals surface area contributed by atoms with Crippen molar-refractivity contribution in [2.45, 2.75) is 19.3 Å². The molecule has 4 heteroatoms. The molecule has 0 unspecified atom stereocenters. The van der Waals surface area contributed by atoms with Crippen molar-refractivity contribution in [1.29, 1.82) is 0 Å². The molecule has 17 heavy (non-hydrogen) atoms. The minimum atomic E-state index is -0.895. The van der Waals surface area contributed by atoms with Crippen molar-refractivity contribution in [2.75, 3.05) is 25.4 Å². The fourth-order valence-corrected chi connectivity index (χ4v) is 2.36. The van der Waals surface area contributed by atoms with Crippen molar-refractivity contribution < 1.29 is 9.90 Å². The number of aromatic carboxylic acids is 1. The largest absolute Gasteiger partial charge is 0.478 e. The number of anilines is 1. The number of hydrogen-bond acceptors (Lipinski definition) is 3. The van der Waals surface area contributed by atoms with Gasteiger partial charge < -0.3 is 15.7 Å². The number of nitrogens with zero attached hydrogens (tertiary/aromatic N) is 1. The van der Waals surface area contributed by atoms with Crippen LogP contribution in [-0.2, 0) is 6.42 Å². The molecule has 92 valence electrons. The van der Waals surface area contributed by atoms with Gasteiger partial charge in [0.25, 0.3) is 0 Å². The van der Waals surface area contributed by atoms with Gasteiger partial charge in [-0.3, -0.25) is 0 Å². The van der Waals surface area contributed by atoms with Crippen molar-refractivity contribution in [1.82, 2.24) is 4.90 Å². The van der Waals surface area contributed by atoms with Crippen molar-refractivity contribution >= 4 is 11.7 Å². The monoisotopic (exact) mass is 234 g/mol. The topological polar surface area (TPSA) is 66.6 Å². The third-order valence-electron chi connectivity index (χ3n) is 3.32. The molecule has 0 atom stereocenters. The van der Waals surface area contributed by atoms with E-state index in [0.29, 0.717) is 17.7 Å². The summed E-state index contributed by atoms with van der Waals surface area (Å²) in [4.78, 5) is 13.5. The van der Waals surface area contributed by atoms with Crippen LogP contribution in [0.1, 0.15) is 28.8 Å². The molecule has 0 aliphatic carbocycles.